The molecule has 1 aliphatic rings. The summed E-state index contributed by atoms with van der Waals surface area (Å²) in [6.07, 6.45) is 2.71. The van der Waals surface area contributed by atoms with Crippen LogP contribution >= 0.6 is 0 Å². The SMILES string of the molecule is CCOc1ccc(CCNC(=O)NC2CCN(Cc3ccccc3)CC2)cc1OC. The average molecular weight is 412 g/mol. The van der Waals surface area contributed by atoms with Crippen LogP contribution in [0, 0.1) is 0 Å². The molecule has 0 atom stereocenters. The molecule has 0 aliphatic carbocycles. The summed E-state index contributed by atoms with van der Waals surface area (Å²) in [7, 11) is 1.64. The van der Waals surface area contributed by atoms with E-state index < -0.39 is 0 Å². The summed E-state index contributed by atoms with van der Waals surface area (Å²) in [5.41, 5.74) is 2.44. The molecule has 1 aliphatic heterocycles. The molecule has 0 bridgehead atoms. The highest BCUT2D eigenvalue weighted by Gasteiger charge is 2.20. The Morgan fingerprint density at radius 2 is 1.83 bits per heavy atom. The summed E-state index contributed by atoms with van der Waals surface area (Å²) in [6, 6.07) is 16.6. The minimum atomic E-state index is -0.0885. The molecule has 2 aromatic rings. The zero-order chi connectivity index (χ0) is 21.2. The molecule has 0 radical (unpaired) electrons. The van der Waals surface area contributed by atoms with Crippen molar-refractivity contribution in [3.63, 3.8) is 0 Å². The van der Waals surface area contributed by atoms with Gasteiger partial charge in [-0.25, -0.2) is 4.79 Å². The first kappa shape index (κ1) is 22.0. The Morgan fingerprint density at radius 1 is 1.07 bits per heavy atom. The van der Waals surface area contributed by atoms with E-state index in [2.05, 4.69) is 39.8 Å². The summed E-state index contributed by atoms with van der Waals surface area (Å²) >= 11 is 0. The second-order valence-corrected chi connectivity index (χ2v) is 7.60. The summed E-state index contributed by atoms with van der Waals surface area (Å²) in [6.45, 7) is 6.12. The van der Waals surface area contributed by atoms with E-state index >= 15 is 0 Å². The molecule has 1 heterocycles. The number of hydrogen-bond donors (Lipinski definition) is 2. The van der Waals surface area contributed by atoms with E-state index in [1.807, 2.05) is 31.2 Å². The monoisotopic (exact) mass is 411 g/mol. The third kappa shape index (κ3) is 6.66. The van der Waals surface area contributed by atoms with Crippen molar-refractivity contribution in [3.05, 3.63) is 59.7 Å². The summed E-state index contributed by atoms with van der Waals surface area (Å²) in [5, 5.41) is 6.09. The van der Waals surface area contributed by atoms with Crippen LogP contribution in [-0.4, -0.2) is 50.3 Å². The minimum Gasteiger partial charge on any atom is -0.493 e. The number of amides is 2. The van der Waals surface area contributed by atoms with Crippen molar-refractivity contribution in [3.8, 4) is 11.5 Å². The molecule has 0 saturated carbocycles. The van der Waals surface area contributed by atoms with E-state index in [0.717, 1.165) is 56.0 Å². The van der Waals surface area contributed by atoms with Crippen LogP contribution in [0.4, 0.5) is 4.79 Å². The lowest BCUT2D eigenvalue weighted by Gasteiger charge is -2.32. The Morgan fingerprint density at radius 3 is 2.53 bits per heavy atom. The lowest BCUT2D eigenvalue weighted by Crippen LogP contribution is -2.48. The standard InChI is InChI=1S/C24H33N3O3/c1-3-30-22-10-9-19(17-23(22)29-2)11-14-25-24(28)26-21-12-15-27(16-13-21)18-20-7-5-4-6-8-20/h4-10,17,21H,3,11-16,18H2,1-2H3,(H2,25,26,28). The predicted molar refractivity (Wildman–Crippen MR) is 119 cm³/mol. The van der Waals surface area contributed by atoms with Gasteiger partial charge in [0.2, 0.25) is 0 Å². The first-order valence-electron chi connectivity index (χ1n) is 10.8. The third-order valence-electron chi connectivity index (χ3n) is 5.40. The Balaban J connectivity index is 1.35. The van der Waals surface area contributed by atoms with Gasteiger partial charge >= 0.3 is 6.03 Å². The van der Waals surface area contributed by atoms with Gasteiger partial charge in [-0.2, -0.15) is 0 Å². The number of ether oxygens (including phenoxy) is 2. The van der Waals surface area contributed by atoms with Gasteiger partial charge in [-0.3, -0.25) is 4.90 Å². The van der Waals surface area contributed by atoms with Crippen molar-refractivity contribution in [1.82, 2.24) is 15.5 Å². The highest BCUT2D eigenvalue weighted by molar-refractivity contribution is 5.74. The Kier molecular flexibility index (Phi) is 8.39. The Labute approximate surface area is 179 Å². The van der Waals surface area contributed by atoms with E-state index in [1.165, 1.54) is 5.56 Å². The first-order chi connectivity index (χ1) is 14.7. The van der Waals surface area contributed by atoms with Gasteiger partial charge in [-0.05, 0) is 49.4 Å². The van der Waals surface area contributed by atoms with Crippen LogP contribution < -0.4 is 20.1 Å². The zero-order valence-corrected chi connectivity index (χ0v) is 18.0. The highest BCUT2D eigenvalue weighted by Crippen LogP contribution is 2.28. The van der Waals surface area contributed by atoms with E-state index in [-0.39, 0.29) is 12.1 Å². The van der Waals surface area contributed by atoms with Gasteiger partial charge < -0.3 is 20.1 Å². The number of carbonyl (C=O) groups excluding carboxylic acids is 1. The van der Waals surface area contributed by atoms with Gasteiger partial charge in [-0.1, -0.05) is 36.4 Å². The molecule has 1 saturated heterocycles. The topological polar surface area (TPSA) is 62.8 Å². The molecular weight excluding hydrogens is 378 g/mol. The number of methoxy groups -OCH3 is 1. The predicted octanol–water partition coefficient (Wildman–Crippen LogP) is 3.60. The van der Waals surface area contributed by atoms with Crippen molar-refractivity contribution < 1.29 is 14.3 Å². The average Bonchev–Trinajstić information content (AvgIpc) is 2.77. The van der Waals surface area contributed by atoms with Crippen LogP contribution in [0.25, 0.3) is 0 Å². The van der Waals surface area contributed by atoms with Crippen molar-refractivity contribution in [2.45, 2.75) is 38.8 Å². The maximum atomic E-state index is 12.3. The van der Waals surface area contributed by atoms with Crippen LogP contribution in [0.2, 0.25) is 0 Å². The second-order valence-electron chi connectivity index (χ2n) is 7.60. The van der Waals surface area contributed by atoms with Crippen LogP contribution in [0.3, 0.4) is 0 Å². The fourth-order valence-corrected chi connectivity index (χ4v) is 3.78. The Bertz CT molecular complexity index is 790. The molecule has 3 rings (SSSR count). The number of rotatable bonds is 9. The molecule has 6 nitrogen and oxygen atoms in total. The summed E-state index contributed by atoms with van der Waals surface area (Å²) in [4.78, 5) is 14.7. The minimum absolute atomic E-state index is 0.0885. The van der Waals surface area contributed by atoms with Gasteiger partial charge in [0.25, 0.3) is 0 Å². The van der Waals surface area contributed by atoms with Gasteiger partial charge in [0.05, 0.1) is 13.7 Å². The maximum Gasteiger partial charge on any atom is 0.315 e. The van der Waals surface area contributed by atoms with Gasteiger partial charge in [0, 0.05) is 32.2 Å². The number of hydrogen-bond acceptors (Lipinski definition) is 4. The normalized spacial score (nSPS) is 14.9. The van der Waals surface area contributed by atoms with Crippen molar-refractivity contribution >= 4 is 6.03 Å². The molecule has 1 fully saturated rings. The van der Waals surface area contributed by atoms with E-state index in [0.29, 0.717) is 13.2 Å². The number of nitrogens with one attached hydrogen (secondary N) is 2. The van der Waals surface area contributed by atoms with Gasteiger partial charge in [0.1, 0.15) is 0 Å². The molecule has 162 valence electrons. The lowest BCUT2D eigenvalue weighted by molar-refractivity contribution is 0.186. The quantitative estimate of drug-likeness (QED) is 0.662. The molecule has 2 amide bonds. The molecule has 0 unspecified atom stereocenters. The molecule has 6 heteroatoms. The number of piperidine rings is 1. The number of benzene rings is 2. The van der Waals surface area contributed by atoms with Gasteiger partial charge in [-0.15, -0.1) is 0 Å². The zero-order valence-electron chi connectivity index (χ0n) is 18.0. The van der Waals surface area contributed by atoms with E-state index in [9.17, 15) is 4.79 Å². The van der Waals surface area contributed by atoms with Crippen LogP contribution in [-0.2, 0) is 13.0 Å². The second kappa shape index (κ2) is 11.5. The number of likely N-dealkylation sites (tertiary alicyclic amines) is 1. The van der Waals surface area contributed by atoms with Crippen LogP contribution in [0.15, 0.2) is 48.5 Å². The largest absolute Gasteiger partial charge is 0.493 e. The fraction of sp³-hybridized carbons (Fsp3) is 0.458. The molecule has 0 aromatic heterocycles. The maximum absolute atomic E-state index is 12.3. The van der Waals surface area contributed by atoms with E-state index in [4.69, 9.17) is 9.47 Å². The highest BCUT2D eigenvalue weighted by atomic mass is 16.5. The van der Waals surface area contributed by atoms with Gasteiger partial charge in [0.15, 0.2) is 11.5 Å². The van der Waals surface area contributed by atoms with Crippen LogP contribution in [0.1, 0.15) is 30.9 Å². The first-order valence-corrected chi connectivity index (χ1v) is 10.8. The summed E-state index contributed by atoms with van der Waals surface area (Å²) in [5.74, 6) is 1.47. The van der Waals surface area contributed by atoms with Crippen molar-refractivity contribution in [2.24, 2.45) is 0 Å². The summed E-state index contributed by atoms with van der Waals surface area (Å²) < 4.78 is 10.9. The number of nitrogens with zero attached hydrogens (tertiary/aromatic N) is 1. The Hall–Kier alpha value is -2.73. The molecular formula is C24H33N3O3. The molecule has 30 heavy (non-hydrogen) atoms. The molecule has 0 spiro atoms. The van der Waals surface area contributed by atoms with Crippen molar-refractivity contribution in [2.75, 3.05) is 33.4 Å². The third-order valence-corrected chi connectivity index (χ3v) is 5.40. The van der Waals surface area contributed by atoms with Crippen LogP contribution in [0.5, 0.6) is 11.5 Å². The molecule has 2 N–H and O–H groups in total. The van der Waals surface area contributed by atoms with Crippen molar-refractivity contribution in [1.29, 1.82) is 0 Å². The number of urea groups is 1. The lowest BCUT2D eigenvalue weighted by atomic mass is 10.0. The smallest absolute Gasteiger partial charge is 0.315 e. The molecule has 2 aromatic carbocycles. The van der Waals surface area contributed by atoms with E-state index in [1.54, 1.807) is 7.11 Å². The fourth-order valence-electron chi connectivity index (χ4n) is 3.78. The number of carbonyl (C=O) groups is 1.